The van der Waals surface area contributed by atoms with Gasteiger partial charge in [-0.05, 0) is 29.8 Å². The highest BCUT2D eigenvalue weighted by atomic mass is 16.3. The van der Waals surface area contributed by atoms with Gasteiger partial charge in [-0.25, -0.2) is 0 Å². The molecule has 1 aromatic heterocycles. The summed E-state index contributed by atoms with van der Waals surface area (Å²) in [4.78, 5) is 10.1. The maximum Gasteiger partial charge on any atom is 0.142 e. The van der Waals surface area contributed by atoms with Crippen molar-refractivity contribution in [2.24, 2.45) is 0 Å². The van der Waals surface area contributed by atoms with Crippen molar-refractivity contribution in [2.45, 2.75) is 0 Å². The predicted octanol–water partition coefficient (Wildman–Crippen LogP) is 2.64. The molecule has 0 atom stereocenters. The molecule has 1 aromatic carbocycles. The normalized spacial score (nSPS) is 11.1. The van der Waals surface area contributed by atoms with Gasteiger partial charge in [0.15, 0.2) is 0 Å². The molecule has 0 aliphatic heterocycles. The maximum absolute atomic E-state index is 10.1. The van der Waals surface area contributed by atoms with Gasteiger partial charge in [-0.2, -0.15) is 0 Å². The first kappa shape index (κ1) is 7.80. The minimum atomic E-state index is 0.763. The molecule has 0 bridgehead atoms. The van der Waals surface area contributed by atoms with Gasteiger partial charge in [0, 0.05) is 5.39 Å². The second-order valence-corrected chi connectivity index (χ2v) is 2.71. The van der Waals surface area contributed by atoms with E-state index >= 15 is 0 Å². The van der Waals surface area contributed by atoms with Crippen LogP contribution in [0.3, 0.4) is 0 Å². The summed E-state index contributed by atoms with van der Waals surface area (Å²) in [7, 11) is 0. The molecule has 0 unspecified atom stereocenters. The molecule has 2 heteroatoms. The van der Waals surface area contributed by atoms with Crippen LogP contribution in [0.5, 0.6) is 0 Å². The fourth-order valence-electron chi connectivity index (χ4n) is 1.24. The topological polar surface area (TPSA) is 30.2 Å². The molecule has 1 heterocycles. The lowest BCUT2D eigenvalue weighted by molar-refractivity contribution is -0.104. The van der Waals surface area contributed by atoms with E-state index in [1.807, 2.05) is 24.3 Å². The maximum atomic E-state index is 10.1. The van der Waals surface area contributed by atoms with E-state index in [4.69, 9.17) is 4.42 Å². The fraction of sp³-hybridized carbons (Fsp3) is 0. The van der Waals surface area contributed by atoms with Crippen molar-refractivity contribution in [3.05, 3.63) is 42.2 Å². The first-order chi connectivity index (χ1) is 6.40. The van der Waals surface area contributed by atoms with Crippen molar-refractivity contribution in [1.82, 2.24) is 0 Å². The Kier molecular flexibility index (Phi) is 1.96. The number of carbonyl (C=O) groups excluding carboxylic acids is 1. The Balaban J connectivity index is 2.47. The summed E-state index contributed by atoms with van der Waals surface area (Å²) in [6, 6.07) is 7.66. The van der Waals surface area contributed by atoms with Crippen molar-refractivity contribution in [3.8, 4) is 0 Å². The number of carbonyl (C=O) groups is 1. The molecule has 2 aromatic rings. The summed E-state index contributed by atoms with van der Waals surface area (Å²) in [6.07, 6.45) is 5.65. The Morgan fingerprint density at radius 2 is 2.15 bits per heavy atom. The molecular weight excluding hydrogens is 164 g/mol. The molecule has 13 heavy (non-hydrogen) atoms. The van der Waals surface area contributed by atoms with Crippen molar-refractivity contribution in [1.29, 1.82) is 0 Å². The zero-order valence-electron chi connectivity index (χ0n) is 6.94. The van der Waals surface area contributed by atoms with Crippen LogP contribution < -0.4 is 0 Å². The molecule has 0 N–H and O–H groups in total. The average molecular weight is 172 g/mol. The number of furan rings is 1. The van der Waals surface area contributed by atoms with Crippen LogP contribution in [0.2, 0.25) is 0 Å². The van der Waals surface area contributed by atoms with Gasteiger partial charge in [0.2, 0.25) is 0 Å². The third-order valence-electron chi connectivity index (χ3n) is 1.84. The van der Waals surface area contributed by atoms with Crippen LogP contribution >= 0.6 is 0 Å². The minimum absolute atomic E-state index is 0.763. The van der Waals surface area contributed by atoms with Gasteiger partial charge >= 0.3 is 0 Å². The molecule has 0 radical (unpaired) electrons. The monoisotopic (exact) mass is 172 g/mol. The highest BCUT2D eigenvalue weighted by Crippen LogP contribution is 2.17. The first-order valence-corrected chi connectivity index (χ1v) is 3.99. The summed E-state index contributed by atoms with van der Waals surface area (Å²) in [5.74, 6) is 0. The highest BCUT2D eigenvalue weighted by Gasteiger charge is 1.95. The van der Waals surface area contributed by atoms with Crippen LogP contribution in [0.25, 0.3) is 17.0 Å². The van der Waals surface area contributed by atoms with Gasteiger partial charge in [-0.1, -0.05) is 12.1 Å². The molecule has 2 rings (SSSR count). The van der Waals surface area contributed by atoms with Crippen LogP contribution in [-0.4, -0.2) is 6.29 Å². The largest absolute Gasteiger partial charge is 0.464 e. The number of hydrogen-bond acceptors (Lipinski definition) is 2. The SMILES string of the molecule is O=CC=Cc1ccc2occc2c1. The van der Waals surface area contributed by atoms with Crippen molar-refractivity contribution in [2.75, 3.05) is 0 Å². The third kappa shape index (κ3) is 1.51. The minimum Gasteiger partial charge on any atom is -0.464 e. The Labute approximate surface area is 75.5 Å². The summed E-state index contributed by atoms with van der Waals surface area (Å²) < 4.78 is 5.18. The number of benzene rings is 1. The van der Waals surface area contributed by atoms with E-state index in [1.165, 1.54) is 6.08 Å². The van der Waals surface area contributed by atoms with Gasteiger partial charge in [0.05, 0.1) is 6.26 Å². The van der Waals surface area contributed by atoms with Crippen molar-refractivity contribution in [3.63, 3.8) is 0 Å². The standard InChI is InChI=1S/C11H8O2/c12-6-1-2-9-3-4-11-10(8-9)5-7-13-11/h1-8H. The smallest absolute Gasteiger partial charge is 0.142 e. The second kappa shape index (κ2) is 3.27. The Morgan fingerprint density at radius 3 is 3.00 bits per heavy atom. The Hall–Kier alpha value is -1.83. The molecular formula is C11H8O2. The Morgan fingerprint density at radius 1 is 1.23 bits per heavy atom. The molecule has 0 amide bonds. The van der Waals surface area contributed by atoms with Crippen LogP contribution in [-0.2, 0) is 4.79 Å². The Bertz CT molecular complexity index is 452. The first-order valence-electron chi connectivity index (χ1n) is 3.99. The quantitative estimate of drug-likeness (QED) is 0.515. The molecule has 2 nitrogen and oxygen atoms in total. The lowest BCUT2D eigenvalue weighted by Gasteiger charge is -1.91. The molecule has 0 fully saturated rings. The van der Waals surface area contributed by atoms with Crippen LogP contribution in [0.1, 0.15) is 5.56 Å². The zero-order chi connectivity index (χ0) is 9.10. The summed E-state index contributed by atoms with van der Waals surface area (Å²) >= 11 is 0. The summed E-state index contributed by atoms with van der Waals surface area (Å²) in [6.45, 7) is 0. The molecule has 0 saturated heterocycles. The highest BCUT2D eigenvalue weighted by molar-refractivity contribution is 5.82. The van der Waals surface area contributed by atoms with Gasteiger partial charge in [0.1, 0.15) is 11.9 Å². The van der Waals surface area contributed by atoms with E-state index in [1.54, 1.807) is 12.3 Å². The third-order valence-corrected chi connectivity index (χ3v) is 1.84. The summed E-state index contributed by atoms with van der Waals surface area (Å²) in [5.41, 5.74) is 1.87. The van der Waals surface area contributed by atoms with E-state index < -0.39 is 0 Å². The number of hydrogen-bond donors (Lipinski definition) is 0. The number of fused-ring (bicyclic) bond motifs is 1. The molecule has 0 aliphatic carbocycles. The zero-order valence-corrected chi connectivity index (χ0v) is 6.94. The van der Waals surface area contributed by atoms with Crippen LogP contribution in [0, 0.1) is 0 Å². The van der Waals surface area contributed by atoms with E-state index in [2.05, 4.69) is 0 Å². The molecule has 0 spiro atoms. The van der Waals surface area contributed by atoms with Crippen molar-refractivity contribution < 1.29 is 9.21 Å². The van der Waals surface area contributed by atoms with E-state index in [-0.39, 0.29) is 0 Å². The molecule has 64 valence electrons. The number of allylic oxidation sites excluding steroid dienone is 1. The van der Waals surface area contributed by atoms with E-state index in [9.17, 15) is 4.79 Å². The lowest BCUT2D eigenvalue weighted by Crippen LogP contribution is -1.71. The number of aldehydes is 1. The molecule has 0 aliphatic rings. The average Bonchev–Trinajstić information content (AvgIpc) is 2.61. The van der Waals surface area contributed by atoms with Crippen LogP contribution in [0.4, 0.5) is 0 Å². The van der Waals surface area contributed by atoms with Gasteiger partial charge in [-0.3, -0.25) is 4.79 Å². The van der Waals surface area contributed by atoms with Gasteiger partial charge in [-0.15, -0.1) is 0 Å². The van der Waals surface area contributed by atoms with Crippen LogP contribution in [0.15, 0.2) is 41.0 Å². The van der Waals surface area contributed by atoms with E-state index in [0.29, 0.717) is 0 Å². The lowest BCUT2D eigenvalue weighted by atomic mass is 10.1. The predicted molar refractivity (Wildman–Crippen MR) is 51.3 cm³/mol. The van der Waals surface area contributed by atoms with Gasteiger partial charge < -0.3 is 4.42 Å². The molecule has 0 saturated carbocycles. The summed E-state index contributed by atoms with van der Waals surface area (Å²) in [5, 5.41) is 1.05. The van der Waals surface area contributed by atoms with Crippen molar-refractivity contribution >= 4 is 23.3 Å². The van der Waals surface area contributed by atoms with Gasteiger partial charge in [0.25, 0.3) is 0 Å². The second-order valence-electron chi connectivity index (χ2n) is 2.71. The van der Waals surface area contributed by atoms with E-state index in [0.717, 1.165) is 22.8 Å². The number of rotatable bonds is 2. The fourth-order valence-corrected chi connectivity index (χ4v) is 1.24.